The van der Waals surface area contributed by atoms with E-state index in [0.717, 1.165) is 23.4 Å². The lowest BCUT2D eigenvalue weighted by Gasteiger charge is -2.15. The molecule has 0 aromatic heterocycles. The van der Waals surface area contributed by atoms with Gasteiger partial charge in [-0.2, -0.15) is 0 Å². The Bertz CT molecular complexity index is 569. The van der Waals surface area contributed by atoms with Crippen LogP contribution in [0, 0.1) is 11.6 Å². The summed E-state index contributed by atoms with van der Waals surface area (Å²) in [5, 5.41) is 3.17. The van der Waals surface area contributed by atoms with Gasteiger partial charge in [0.1, 0.15) is 17.4 Å². The van der Waals surface area contributed by atoms with Crippen LogP contribution in [-0.2, 0) is 6.54 Å². The largest absolute Gasteiger partial charge is 0.497 e. The van der Waals surface area contributed by atoms with Crippen LogP contribution in [0.25, 0.3) is 0 Å². The summed E-state index contributed by atoms with van der Waals surface area (Å²) in [4.78, 5) is 0. The number of rotatable bonds is 5. The van der Waals surface area contributed by atoms with Gasteiger partial charge in [0.05, 0.1) is 7.11 Å². The monoisotopic (exact) mass is 277 g/mol. The van der Waals surface area contributed by atoms with Crippen molar-refractivity contribution < 1.29 is 13.5 Å². The van der Waals surface area contributed by atoms with Crippen LogP contribution in [0.5, 0.6) is 5.75 Å². The zero-order valence-corrected chi connectivity index (χ0v) is 11.5. The van der Waals surface area contributed by atoms with Crippen LogP contribution >= 0.6 is 0 Å². The molecule has 0 fully saturated rings. The summed E-state index contributed by atoms with van der Waals surface area (Å²) in [6, 6.07) is 11.1. The molecule has 1 atom stereocenters. The first-order valence-corrected chi connectivity index (χ1v) is 6.41. The van der Waals surface area contributed by atoms with Gasteiger partial charge in [-0.25, -0.2) is 8.78 Å². The van der Waals surface area contributed by atoms with E-state index in [2.05, 4.69) is 5.32 Å². The first-order valence-electron chi connectivity index (χ1n) is 6.41. The normalized spacial score (nSPS) is 12.2. The third-order valence-corrected chi connectivity index (χ3v) is 3.22. The van der Waals surface area contributed by atoms with Crippen molar-refractivity contribution in [2.75, 3.05) is 7.11 Å². The minimum absolute atomic E-state index is 0.0311. The third kappa shape index (κ3) is 3.54. The SMILES string of the molecule is COc1ccc([C@@H](C)NCc2cc(F)ccc2F)cc1. The van der Waals surface area contributed by atoms with Crippen molar-refractivity contribution in [3.8, 4) is 5.75 Å². The number of nitrogens with one attached hydrogen (secondary N) is 1. The molecule has 2 rings (SSSR count). The molecule has 0 heterocycles. The molecule has 0 spiro atoms. The highest BCUT2D eigenvalue weighted by Gasteiger charge is 2.08. The van der Waals surface area contributed by atoms with E-state index in [0.29, 0.717) is 5.56 Å². The minimum atomic E-state index is -0.430. The van der Waals surface area contributed by atoms with Crippen LogP contribution in [0.4, 0.5) is 8.78 Å². The molecule has 0 radical (unpaired) electrons. The molecule has 0 unspecified atom stereocenters. The number of methoxy groups -OCH3 is 1. The van der Waals surface area contributed by atoms with Gasteiger partial charge in [0.25, 0.3) is 0 Å². The Morgan fingerprint density at radius 3 is 2.45 bits per heavy atom. The van der Waals surface area contributed by atoms with Crippen LogP contribution in [0.1, 0.15) is 24.1 Å². The van der Waals surface area contributed by atoms with E-state index >= 15 is 0 Å². The van der Waals surface area contributed by atoms with Gasteiger partial charge < -0.3 is 10.1 Å². The van der Waals surface area contributed by atoms with Gasteiger partial charge in [-0.05, 0) is 42.8 Å². The van der Waals surface area contributed by atoms with Gasteiger partial charge in [0, 0.05) is 18.2 Å². The lowest BCUT2D eigenvalue weighted by Crippen LogP contribution is -2.18. The van der Waals surface area contributed by atoms with Crippen LogP contribution in [0.3, 0.4) is 0 Å². The van der Waals surface area contributed by atoms with Crippen LogP contribution in [0.2, 0.25) is 0 Å². The number of hydrogen-bond donors (Lipinski definition) is 1. The summed E-state index contributed by atoms with van der Waals surface area (Å²) < 4.78 is 31.7. The van der Waals surface area contributed by atoms with Gasteiger partial charge in [0.2, 0.25) is 0 Å². The van der Waals surface area contributed by atoms with E-state index < -0.39 is 11.6 Å². The summed E-state index contributed by atoms with van der Waals surface area (Å²) in [7, 11) is 1.61. The third-order valence-electron chi connectivity index (χ3n) is 3.22. The topological polar surface area (TPSA) is 21.3 Å². The average molecular weight is 277 g/mol. The standard InChI is InChI=1S/C16H17F2NO/c1-11(12-3-6-15(20-2)7-4-12)19-10-13-9-14(17)5-8-16(13)18/h3-9,11,19H,10H2,1-2H3/t11-/m1/s1. The van der Waals surface area contributed by atoms with Crippen molar-refractivity contribution in [1.82, 2.24) is 5.32 Å². The van der Waals surface area contributed by atoms with E-state index in [1.54, 1.807) is 7.11 Å². The van der Waals surface area contributed by atoms with Gasteiger partial charge in [-0.3, -0.25) is 0 Å². The van der Waals surface area contributed by atoms with E-state index in [9.17, 15) is 8.78 Å². The molecule has 0 amide bonds. The van der Waals surface area contributed by atoms with Gasteiger partial charge in [-0.15, -0.1) is 0 Å². The van der Waals surface area contributed by atoms with Crippen LogP contribution in [-0.4, -0.2) is 7.11 Å². The fraction of sp³-hybridized carbons (Fsp3) is 0.250. The molecule has 20 heavy (non-hydrogen) atoms. The zero-order valence-electron chi connectivity index (χ0n) is 11.5. The van der Waals surface area contributed by atoms with E-state index in [1.807, 2.05) is 31.2 Å². The van der Waals surface area contributed by atoms with Crippen molar-refractivity contribution in [2.24, 2.45) is 0 Å². The lowest BCUT2D eigenvalue weighted by molar-refractivity contribution is 0.414. The predicted octanol–water partition coefficient (Wildman–Crippen LogP) is 3.82. The summed E-state index contributed by atoms with van der Waals surface area (Å²) in [5.74, 6) is -0.0433. The summed E-state index contributed by atoms with van der Waals surface area (Å²) in [5.41, 5.74) is 1.38. The Labute approximate surface area is 117 Å². The van der Waals surface area contributed by atoms with Crippen molar-refractivity contribution in [3.05, 3.63) is 65.2 Å². The van der Waals surface area contributed by atoms with Crippen molar-refractivity contribution in [3.63, 3.8) is 0 Å². The highest BCUT2D eigenvalue weighted by molar-refractivity contribution is 5.29. The molecule has 0 aliphatic carbocycles. The fourth-order valence-electron chi connectivity index (χ4n) is 1.95. The molecule has 0 aliphatic rings. The van der Waals surface area contributed by atoms with E-state index in [1.165, 1.54) is 6.07 Å². The van der Waals surface area contributed by atoms with E-state index in [-0.39, 0.29) is 12.6 Å². The molecule has 4 heteroatoms. The molecule has 2 aromatic carbocycles. The fourth-order valence-corrected chi connectivity index (χ4v) is 1.95. The Balaban J connectivity index is 2.00. The Morgan fingerprint density at radius 2 is 1.80 bits per heavy atom. The van der Waals surface area contributed by atoms with Gasteiger partial charge in [0.15, 0.2) is 0 Å². The summed E-state index contributed by atoms with van der Waals surface area (Å²) >= 11 is 0. The quantitative estimate of drug-likeness (QED) is 0.897. The van der Waals surface area contributed by atoms with Crippen molar-refractivity contribution in [2.45, 2.75) is 19.5 Å². The zero-order chi connectivity index (χ0) is 14.5. The smallest absolute Gasteiger partial charge is 0.127 e. The average Bonchev–Trinajstić information content (AvgIpc) is 2.48. The molecule has 2 nitrogen and oxygen atoms in total. The molecule has 106 valence electrons. The molecule has 0 bridgehead atoms. The summed E-state index contributed by atoms with van der Waals surface area (Å²) in [6.07, 6.45) is 0. The lowest BCUT2D eigenvalue weighted by atomic mass is 10.1. The first-order chi connectivity index (χ1) is 9.60. The predicted molar refractivity (Wildman–Crippen MR) is 74.6 cm³/mol. The molecule has 0 aliphatic heterocycles. The number of benzene rings is 2. The summed E-state index contributed by atoms with van der Waals surface area (Å²) in [6.45, 7) is 2.25. The molecule has 1 N–H and O–H groups in total. The van der Waals surface area contributed by atoms with Crippen LogP contribution < -0.4 is 10.1 Å². The highest BCUT2D eigenvalue weighted by atomic mass is 19.1. The second kappa shape index (κ2) is 6.48. The Morgan fingerprint density at radius 1 is 1.10 bits per heavy atom. The van der Waals surface area contributed by atoms with Crippen molar-refractivity contribution >= 4 is 0 Å². The highest BCUT2D eigenvalue weighted by Crippen LogP contribution is 2.18. The number of hydrogen-bond acceptors (Lipinski definition) is 2. The maximum Gasteiger partial charge on any atom is 0.127 e. The maximum absolute atomic E-state index is 13.5. The second-order valence-electron chi connectivity index (χ2n) is 4.61. The Kier molecular flexibility index (Phi) is 4.69. The van der Waals surface area contributed by atoms with Crippen molar-refractivity contribution in [1.29, 1.82) is 0 Å². The maximum atomic E-state index is 13.5. The molecular weight excluding hydrogens is 260 g/mol. The number of halogens is 2. The van der Waals surface area contributed by atoms with Gasteiger partial charge >= 0.3 is 0 Å². The number of ether oxygens (including phenoxy) is 1. The molecule has 0 saturated heterocycles. The minimum Gasteiger partial charge on any atom is -0.497 e. The molecular formula is C16H17F2NO. The molecule has 0 saturated carbocycles. The Hall–Kier alpha value is -1.94. The van der Waals surface area contributed by atoms with Crippen LogP contribution in [0.15, 0.2) is 42.5 Å². The first kappa shape index (κ1) is 14.5. The van der Waals surface area contributed by atoms with E-state index in [4.69, 9.17) is 4.74 Å². The van der Waals surface area contributed by atoms with Gasteiger partial charge in [-0.1, -0.05) is 12.1 Å². The second-order valence-corrected chi connectivity index (χ2v) is 4.61. The molecule has 2 aromatic rings.